The number of benzene rings is 2. The number of nitrogens with one attached hydrogen (secondary N) is 1. The van der Waals surface area contributed by atoms with Gasteiger partial charge in [0.15, 0.2) is 0 Å². The third-order valence-corrected chi connectivity index (χ3v) is 3.42. The molecule has 1 amide bonds. The van der Waals surface area contributed by atoms with Crippen molar-refractivity contribution in [1.29, 1.82) is 0 Å². The van der Waals surface area contributed by atoms with Crippen molar-refractivity contribution in [2.45, 2.75) is 13.0 Å². The predicted molar refractivity (Wildman–Crippen MR) is 86.3 cm³/mol. The van der Waals surface area contributed by atoms with Gasteiger partial charge in [0.2, 0.25) is 0 Å². The highest BCUT2D eigenvalue weighted by atomic mass is 19.1. The zero-order valence-corrected chi connectivity index (χ0v) is 13.6. The average Bonchev–Trinajstić information content (AvgIpc) is 2.61. The normalized spacial score (nSPS) is 11.5. The van der Waals surface area contributed by atoms with Crippen LogP contribution in [0.25, 0.3) is 0 Å². The number of hydrogen-bond acceptors (Lipinski definition) is 5. The van der Waals surface area contributed by atoms with Gasteiger partial charge < -0.3 is 10.1 Å². The topological polar surface area (TPSA) is 98.5 Å². The number of hydrogen-bond donors (Lipinski definition) is 1. The molecule has 0 spiro atoms. The van der Waals surface area contributed by atoms with E-state index in [0.29, 0.717) is 0 Å². The van der Waals surface area contributed by atoms with Crippen LogP contribution >= 0.6 is 0 Å². The lowest BCUT2D eigenvalue weighted by molar-refractivity contribution is -0.384. The molecule has 0 aliphatic heterocycles. The van der Waals surface area contributed by atoms with Crippen LogP contribution in [0.4, 0.5) is 14.5 Å². The van der Waals surface area contributed by atoms with Crippen LogP contribution in [0.3, 0.4) is 0 Å². The predicted octanol–water partition coefficient (Wildman–Crippen LogP) is 2.91. The Morgan fingerprint density at radius 3 is 2.65 bits per heavy atom. The molecular formula is C17H14F2N2O5. The van der Waals surface area contributed by atoms with E-state index in [1.165, 1.54) is 25.1 Å². The average molecular weight is 364 g/mol. The van der Waals surface area contributed by atoms with Crippen molar-refractivity contribution >= 4 is 17.6 Å². The molecule has 1 N–H and O–H groups in total. The molecule has 0 radical (unpaired) electrons. The number of halogens is 2. The largest absolute Gasteiger partial charge is 0.456 e. The smallest absolute Gasteiger partial charge is 0.326 e. The first-order valence-corrected chi connectivity index (χ1v) is 7.45. The van der Waals surface area contributed by atoms with Gasteiger partial charge in [-0.2, -0.15) is 0 Å². The van der Waals surface area contributed by atoms with Gasteiger partial charge in [-0.05, 0) is 31.2 Å². The molecule has 7 nitrogen and oxygen atoms in total. The molecule has 0 saturated carbocycles. The Labute approximate surface area is 146 Å². The van der Waals surface area contributed by atoms with Gasteiger partial charge in [0.25, 0.3) is 11.6 Å². The van der Waals surface area contributed by atoms with Crippen molar-refractivity contribution in [2.24, 2.45) is 0 Å². The van der Waals surface area contributed by atoms with Gasteiger partial charge in [-0.15, -0.1) is 0 Å². The van der Waals surface area contributed by atoms with Crippen molar-refractivity contribution in [3.8, 4) is 0 Å². The summed E-state index contributed by atoms with van der Waals surface area (Å²) >= 11 is 0. The van der Waals surface area contributed by atoms with Crippen LogP contribution in [0, 0.1) is 21.7 Å². The number of amides is 1. The van der Waals surface area contributed by atoms with Crippen LogP contribution in [0.2, 0.25) is 0 Å². The maximum atomic E-state index is 13.6. The van der Waals surface area contributed by atoms with E-state index in [2.05, 4.69) is 5.32 Å². The minimum absolute atomic E-state index is 0.00350. The molecule has 0 aliphatic carbocycles. The van der Waals surface area contributed by atoms with Crippen LogP contribution in [-0.2, 0) is 9.53 Å². The van der Waals surface area contributed by atoms with E-state index in [9.17, 15) is 28.5 Å². The Hall–Kier alpha value is -3.36. The summed E-state index contributed by atoms with van der Waals surface area (Å²) in [6, 6.07) is 7.73. The van der Waals surface area contributed by atoms with E-state index in [0.717, 1.165) is 24.3 Å². The van der Waals surface area contributed by atoms with Gasteiger partial charge in [-0.1, -0.05) is 6.07 Å². The minimum Gasteiger partial charge on any atom is -0.456 e. The molecule has 0 fully saturated rings. The van der Waals surface area contributed by atoms with Gasteiger partial charge in [0.1, 0.15) is 24.3 Å². The van der Waals surface area contributed by atoms with Gasteiger partial charge in [0.05, 0.1) is 4.92 Å². The first-order chi connectivity index (χ1) is 12.3. The Morgan fingerprint density at radius 1 is 1.23 bits per heavy atom. The highest BCUT2D eigenvalue weighted by Gasteiger charge is 2.18. The summed E-state index contributed by atoms with van der Waals surface area (Å²) in [5.74, 6) is -2.99. The maximum Gasteiger partial charge on any atom is 0.326 e. The van der Waals surface area contributed by atoms with Gasteiger partial charge >= 0.3 is 5.97 Å². The number of ether oxygens (including phenoxy) is 1. The van der Waals surface area contributed by atoms with E-state index in [1.807, 2.05) is 0 Å². The SMILES string of the molecule is CC(OC(=O)CNC(=O)c1cccc([N+](=O)[O-])c1)c1cc(F)ccc1F. The number of nitrogens with zero attached hydrogens (tertiary/aromatic N) is 1. The Balaban J connectivity index is 1.94. The van der Waals surface area contributed by atoms with E-state index >= 15 is 0 Å². The fourth-order valence-corrected chi connectivity index (χ4v) is 2.14. The van der Waals surface area contributed by atoms with Crippen LogP contribution in [0.1, 0.15) is 28.9 Å². The van der Waals surface area contributed by atoms with E-state index in [-0.39, 0.29) is 16.8 Å². The monoisotopic (exact) mass is 364 g/mol. The number of nitro groups is 1. The summed E-state index contributed by atoms with van der Waals surface area (Å²) in [4.78, 5) is 33.7. The highest BCUT2D eigenvalue weighted by molar-refractivity contribution is 5.96. The molecule has 1 atom stereocenters. The van der Waals surface area contributed by atoms with Crippen LogP contribution in [0.15, 0.2) is 42.5 Å². The second-order valence-corrected chi connectivity index (χ2v) is 5.29. The molecule has 2 aromatic carbocycles. The second-order valence-electron chi connectivity index (χ2n) is 5.29. The Bertz CT molecular complexity index is 857. The van der Waals surface area contributed by atoms with Crippen molar-refractivity contribution in [3.63, 3.8) is 0 Å². The van der Waals surface area contributed by atoms with Crippen molar-refractivity contribution in [1.82, 2.24) is 5.32 Å². The third kappa shape index (κ3) is 4.82. The Kier molecular flexibility index (Phi) is 5.94. The van der Waals surface area contributed by atoms with Gasteiger partial charge in [0, 0.05) is 23.3 Å². The van der Waals surface area contributed by atoms with E-state index in [1.54, 1.807) is 0 Å². The summed E-state index contributed by atoms with van der Waals surface area (Å²) in [5.41, 5.74) is -0.407. The molecule has 136 valence electrons. The van der Waals surface area contributed by atoms with Crippen molar-refractivity contribution in [2.75, 3.05) is 6.54 Å². The number of rotatable bonds is 6. The number of carbonyl (C=O) groups excluding carboxylic acids is 2. The Morgan fingerprint density at radius 2 is 1.96 bits per heavy atom. The molecule has 0 aliphatic rings. The molecular weight excluding hydrogens is 350 g/mol. The van der Waals surface area contributed by atoms with Gasteiger partial charge in [-0.3, -0.25) is 19.7 Å². The number of nitro benzene ring substituents is 1. The fraction of sp³-hybridized carbons (Fsp3) is 0.176. The molecule has 2 rings (SSSR count). The highest BCUT2D eigenvalue weighted by Crippen LogP contribution is 2.21. The summed E-state index contributed by atoms with van der Waals surface area (Å²) in [6.07, 6.45) is -1.06. The fourth-order valence-electron chi connectivity index (χ4n) is 2.14. The van der Waals surface area contributed by atoms with Crippen molar-refractivity contribution < 1.29 is 28.0 Å². The number of non-ortho nitro benzene ring substituents is 1. The number of esters is 1. The first kappa shape index (κ1) is 19.0. The molecule has 26 heavy (non-hydrogen) atoms. The van der Waals surface area contributed by atoms with Gasteiger partial charge in [-0.25, -0.2) is 8.78 Å². The number of carbonyl (C=O) groups is 2. The zero-order chi connectivity index (χ0) is 19.3. The van der Waals surface area contributed by atoms with Crippen LogP contribution in [0.5, 0.6) is 0 Å². The summed E-state index contributed by atoms with van der Waals surface area (Å²) in [6.45, 7) is 0.820. The van der Waals surface area contributed by atoms with E-state index in [4.69, 9.17) is 4.74 Å². The molecule has 0 aromatic heterocycles. The van der Waals surface area contributed by atoms with Crippen LogP contribution < -0.4 is 5.32 Å². The third-order valence-electron chi connectivity index (χ3n) is 3.42. The molecule has 0 bridgehead atoms. The molecule has 1 unspecified atom stereocenters. The zero-order valence-electron chi connectivity index (χ0n) is 13.6. The lowest BCUT2D eigenvalue weighted by atomic mass is 10.1. The lowest BCUT2D eigenvalue weighted by Crippen LogP contribution is -2.31. The summed E-state index contributed by atoms with van der Waals surface area (Å²) in [5, 5.41) is 12.9. The van der Waals surface area contributed by atoms with Crippen LogP contribution in [-0.4, -0.2) is 23.3 Å². The minimum atomic E-state index is -1.06. The summed E-state index contributed by atoms with van der Waals surface area (Å²) in [7, 11) is 0. The second kappa shape index (κ2) is 8.15. The molecule has 2 aromatic rings. The molecule has 0 saturated heterocycles. The maximum absolute atomic E-state index is 13.6. The molecule has 9 heteroatoms. The quantitative estimate of drug-likeness (QED) is 0.483. The standard InChI is InChI=1S/C17H14F2N2O5/c1-10(14-8-12(18)5-6-15(14)19)26-16(22)9-20-17(23)11-3-2-4-13(7-11)21(24)25/h2-8,10H,9H2,1H3,(H,20,23). The lowest BCUT2D eigenvalue weighted by Gasteiger charge is -2.14. The first-order valence-electron chi connectivity index (χ1n) is 7.45. The van der Waals surface area contributed by atoms with E-state index < -0.39 is 41.1 Å². The van der Waals surface area contributed by atoms with Crippen molar-refractivity contribution in [3.05, 3.63) is 75.3 Å². The molecule has 0 heterocycles. The summed E-state index contributed by atoms with van der Waals surface area (Å²) < 4.78 is 31.7.